The summed E-state index contributed by atoms with van der Waals surface area (Å²) in [7, 11) is 0. The Kier molecular flexibility index (Phi) is 5.79. The Morgan fingerprint density at radius 1 is 1.38 bits per heavy atom. The SMILES string of the molecule is CC1CCCN(CC(C#N)NC(C)C)CC1. The van der Waals surface area contributed by atoms with Crippen LogP contribution >= 0.6 is 0 Å². The maximum absolute atomic E-state index is 9.09. The highest BCUT2D eigenvalue weighted by Gasteiger charge is 2.17. The third kappa shape index (κ3) is 4.96. The van der Waals surface area contributed by atoms with E-state index in [0.717, 1.165) is 25.6 Å². The van der Waals surface area contributed by atoms with Gasteiger partial charge in [0.1, 0.15) is 6.04 Å². The number of rotatable bonds is 4. The van der Waals surface area contributed by atoms with Crippen molar-refractivity contribution in [2.45, 2.75) is 52.1 Å². The molecule has 1 heterocycles. The van der Waals surface area contributed by atoms with Gasteiger partial charge in [-0.05, 0) is 52.1 Å². The van der Waals surface area contributed by atoms with Crippen LogP contribution in [0.4, 0.5) is 0 Å². The molecule has 0 bridgehead atoms. The lowest BCUT2D eigenvalue weighted by Crippen LogP contribution is -2.43. The molecule has 0 aliphatic carbocycles. The van der Waals surface area contributed by atoms with E-state index in [4.69, 9.17) is 5.26 Å². The Hall–Kier alpha value is -0.590. The quantitative estimate of drug-likeness (QED) is 0.792. The summed E-state index contributed by atoms with van der Waals surface area (Å²) >= 11 is 0. The van der Waals surface area contributed by atoms with Crippen LogP contribution in [0.1, 0.15) is 40.0 Å². The molecule has 1 fully saturated rings. The monoisotopic (exact) mass is 223 g/mol. The lowest BCUT2D eigenvalue weighted by atomic mass is 10.0. The van der Waals surface area contributed by atoms with E-state index < -0.39 is 0 Å². The molecule has 3 nitrogen and oxygen atoms in total. The first-order chi connectivity index (χ1) is 7.61. The van der Waals surface area contributed by atoms with E-state index in [2.05, 4.69) is 37.1 Å². The molecule has 0 amide bonds. The van der Waals surface area contributed by atoms with Crippen molar-refractivity contribution >= 4 is 0 Å². The zero-order valence-corrected chi connectivity index (χ0v) is 10.9. The van der Waals surface area contributed by atoms with Crippen LogP contribution in [0.3, 0.4) is 0 Å². The van der Waals surface area contributed by atoms with E-state index in [1.807, 2.05) is 0 Å². The van der Waals surface area contributed by atoms with Crippen LogP contribution in [0.2, 0.25) is 0 Å². The summed E-state index contributed by atoms with van der Waals surface area (Å²) in [6, 6.07) is 2.72. The minimum Gasteiger partial charge on any atom is -0.301 e. The van der Waals surface area contributed by atoms with E-state index in [-0.39, 0.29) is 6.04 Å². The molecule has 0 radical (unpaired) electrons. The Bertz CT molecular complexity index is 232. The molecule has 16 heavy (non-hydrogen) atoms. The minimum absolute atomic E-state index is 0.0200. The third-order valence-corrected chi connectivity index (χ3v) is 3.24. The second-order valence-electron chi connectivity index (χ2n) is 5.34. The second kappa shape index (κ2) is 6.88. The fraction of sp³-hybridized carbons (Fsp3) is 0.923. The first-order valence-corrected chi connectivity index (χ1v) is 6.50. The highest BCUT2D eigenvalue weighted by Crippen LogP contribution is 2.16. The molecule has 0 aromatic heterocycles. The third-order valence-electron chi connectivity index (χ3n) is 3.24. The average Bonchev–Trinajstić information content (AvgIpc) is 2.42. The predicted molar refractivity (Wildman–Crippen MR) is 67.1 cm³/mol. The zero-order chi connectivity index (χ0) is 12.0. The number of nitrogens with zero attached hydrogens (tertiary/aromatic N) is 2. The van der Waals surface area contributed by atoms with Gasteiger partial charge in [0.2, 0.25) is 0 Å². The van der Waals surface area contributed by atoms with Crippen LogP contribution in [0, 0.1) is 17.2 Å². The Labute approximate surface area is 99.8 Å². The summed E-state index contributed by atoms with van der Waals surface area (Å²) in [4.78, 5) is 2.44. The number of hydrogen-bond donors (Lipinski definition) is 1. The number of nitriles is 1. The number of nitrogens with one attached hydrogen (secondary N) is 1. The fourth-order valence-electron chi connectivity index (χ4n) is 2.30. The molecular formula is C13H25N3. The molecule has 1 aliphatic rings. The van der Waals surface area contributed by atoms with Gasteiger partial charge in [0.15, 0.2) is 0 Å². The molecule has 1 rings (SSSR count). The fourth-order valence-corrected chi connectivity index (χ4v) is 2.30. The zero-order valence-electron chi connectivity index (χ0n) is 10.9. The van der Waals surface area contributed by atoms with Gasteiger partial charge < -0.3 is 4.90 Å². The smallest absolute Gasteiger partial charge is 0.108 e. The Morgan fingerprint density at radius 3 is 2.75 bits per heavy atom. The molecule has 0 spiro atoms. The first-order valence-electron chi connectivity index (χ1n) is 6.50. The van der Waals surface area contributed by atoms with Crippen molar-refractivity contribution in [1.29, 1.82) is 5.26 Å². The maximum atomic E-state index is 9.09. The van der Waals surface area contributed by atoms with Crippen LogP contribution in [-0.2, 0) is 0 Å². The second-order valence-corrected chi connectivity index (χ2v) is 5.34. The van der Waals surface area contributed by atoms with Crippen LogP contribution in [0.25, 0.3) is 0 Å². The summed E-state index contributed by atoms with van der Waals surface area (Å²) in [6.45, 7) is 9.70. The van der Waals surface area contributed by atoms with E-state index in [0.29, 0.717) is 6.04 Å². The van der Waals surface area contributed by atoms with E-state index in [9.17, 15) is 0 Å². The molecule has 1 saturated heterocycles. The van der Waals surface area contributed by atoms with Crippen molar-refractivity contribution in [3.8, 4) is 6.07 Å². The van der Waals surface area contributed by atoms with Crippen molar-refractivity contribution in [2.24, 2.45) is 5.92 Å². The molecule has 2 atom stereocenters. The molecule has 0 saturated carbocycles. The molecule has 1 N–H and O–H groups in total. The summed E-state index contributed by atoms with van der Waals surface area (Å²) in [5.74, 6) is 0.851. The lowest BCUT2D eigenvalue weighted by molar-refractivity contribution is 0.260. The van der Waals surface area contributed by atoms with Gasteiger partial charge in [-0.15, -0.1) is 0 Å². The number of hydrogen-bond acceptors (Lipinski definition) is 3. The largest absolute Gasteiger partial charge is 0.301 e. The van der Waals surface area contributed by atoms with Gasteiger partial charge in [-0.1, -0.05) is 6.92 Å². The molecule has 2 unspecified atom stereocenters. The highest BCUT2D eigenvalue weighted by atomic mass is 15.1. The van der Waals surface area contributed by atoms with Gasteiger partial charge in [-0.2, -0.15) is 5.26 Å². The summed E-state index contributed by atoms with van der Waals surface area (Å²) < 4.78 is 0. The van der Waals surface area contributed by atoms with Crippen LogP contribution in [0.5, 0.6) is 0 Å². The van der Waals surface area contributed by atoms with Gasteiger partial charge in [-0.3, -0.25) is 5.32 Å². The summed E-state index contributed by atoms with van der Waals surface area (Å²) in [5.41, 5.74) is 0. The van der Waals surface area contributed by atoms with Gasteiger partial charge in [0.05, 0.1) is 6.07 Å². The topological polar surface area (TPSA) is 39.1 Å². The van der Waals surface area contributed by atoms with Crippen molar-refractivity contribution in [1.82, 2.24) is 10.2 Å². The molecule has 0 aromatic rings. The number of likely N-dealkylation sites (tertiary alicyclic amines) is 1. The minimum atomic E-state index is -0.0200. The van der Waals surface area contributed by atoms with Crippen LogP contribution < -0.4 is 5.32 Å². The van der Waals surface area contributed by atoms with Crippen LogP contribution in [-0.4, -0.2) is 36.6 Å². The van der Waals surface area contributed by atoms with Crippen molar-refractivity contribution in [2.75, 3.05) is 19.6 Å². The van der Waals surface area contributed by atoms with Gasteiger partial charge >= 0.3 is 0 Å². The molecular weight excluding hydrogens is 198 g/mol. The van der Waals surface area contributed by atoms with E-state index in [1.165, 1.54) is 19.3 Å². The summed E-state index contributed by atoms with van der Waals surface area (Å²) in [6.07, 6.45) is 3.89. The van der Waals surface area contributed by atoms with E-state index in [1.54, 1.807) is 0 Å². The maximum Gasteiger partial charge on any atom is 0.108 e. The van der Waals surface area contributed by atoms with Gasteiger partial charge in [0.25, 0.3) is 0 Å². The first kappa shape index (κ1) is 13.5. The van der Waals surface area contributed by atoms with Crippen molar-refractivity contribution in [3.05, 3.63) is 0 Å². The molecule has 1 aliphatic heterocycles. The van der Waals surface area contributed by atoms with E-state index >= 15 is 0 Å². The molecule has 0 aromatic carbocycles. The van der Waals surface area contributed by atoms with Crippen molar-refractivity contribution in [3.63, 3.8) is 0 Å². The molecule has 92 valence electrons. The Balaban J connectivity index is 2.36. The Morgan fingerprint density at radius 2 is 2.12 bits per heavy atom. The normalized spacial score (nSPS) is 25.1. The van der Waals surface area contributed by atoms with Crippen molar-refractivity contribution < 1.29 is 0 Å². The highest BCUT2D eigenvalue weighted by molar-refractivity contribution is 4.93. The predicted octanol–water partition coefficient (Wildman–Crippen LogP) is 2.00. The lowest BCUT2D eigenvalue weighted by Gasteiger charge is -2.24. The summed E-state index contributed by atoms with van der Waals surface area (Å²) in [5, 5.41) is 12.4. The average molecular weight is 223 g/mol. The standard InChI is InChI=1S/C13H25N3/c1-11(2)15-13(9-14)10-16-7-4-5-12(3)6-8-16/h11-13,15H,4-8,10H2,1-3H3. The molecule has 3 heteroatoms. The van der Waals surface area contributed by atoms with Gasteiger partial charge in [-0.25, -0.2) is 0 Å². The van der Waals surface area contributed by atoms with Gasteiger partial charge in [0, 0.05) is 12.6 Å². The van der Waals surface area contributed by atoms with Crippen LogP contribution in [0.15, 0.2) is 0 Å².